The Morgan fingerprint density at radius 1 is 0.920 bits per heavy atom. The van der Waals surface area contributed by atoms with Crippen molar-refractivity contribution in [3.05, 3.63) is 63.6 Å². The second-order valence-electron chi connectivity index (χ2n) is 6.14. The van der Waals surface area contributed by atoms with Crippen LogP contribution in [-0.4, -0.2) is 34.8 Å². The first kappa shape index (κ1) is 17.8. The molecule has 4 nitrogen and oxygen atoms in total. The van der Waals surface area contributed by atoms with Gasteiger partial charge in [0, 0.05) is 40.2 Å². The van der Waals surface area contributed by atoms with E-state index in [9.17, 15) is 14.7 Å². The number of piperidine rings is 1. The highest BCUT2D eigenvalue weighted by Crippen LogP contribution is 2.25. The molecule has 3 rings (SSSR count). The van der Waals surface area contributed by atoms with Gasteiger partial charge in [0.05, 0.1) is 0 Å². The molecule has 0 bridgehead atoms. The number of hydrogen-bond donors (Lipinski definition) is 1. The topological polar surface area (TPSA) is 57.6 Å². The zero-order valence-corrected chi connectivity index (χ0v) is 14.9. The summed E-state index contributed by atoms with van der Waals surface area (Å²) in [4.78, 5) is 26.8. The van der Waals surface area contributed by atoms with E-state index in [-0.39, 0.29) is 23.4 Å². The number of nitrogens with zero attached hydrogens (tertiary/aromatic N) is 1. The minimum absolute atomic E-state index is 0.0383. The number of benzene rings is 2. The Bertz CT molecular complexity index is 777. The Morgan fingerprint density at radius 3 is 2.16 bits per heavy atom. The fourth-order valence-electron chi connectivity index (χ4n) is 3.07. The lowest BCUT2D eigenvalue weighted by molar-refractivity contribution is 0.0650. The highest BCUT2D eigenvalue weighted by Gasteiger charge is 2.28. The van der Waals surface area contributed by atoms with Gasteiger partial charge >= 0.3 is 0 Å². The van der Waals surface area contributed by atoms with E-state index in [1.165, 1.54) is 18.2 Å². The van der Waals surface area contributed by atoms with Crippen molar-refractivity contribution in [2.45, 2.75) is 12.8 Å². The van der Waals surface area contributed by atoms with Crippen LogP contribution >= 0.6 is 23.2 Å². The van der Waals surface area contributed by atoms with E-state index in [4.69, 9.17) is 23.2 Å². The molecule has 0 unspecified atom stereocenters. The van der Waals surface area contributed by atoms with Crippen LogP contribution in [0, 0.1) is 5.92 Å². The number of likely N-dealkylation sites (tertiary alicyclic amines) is 1. The number of halogens is 2. The van der Waals surface area contributed by atoms with E-state index in [0.29, 0.717) is 47.1 Å². The summed E-state index contributed by atoms with van der Waals surface area (Å²) in [6.45, 7) is 0.992. The molecule has 0 aliphatic carbocycles. The molecule has 1 heterocycles. The number of phenols is 1. The molecule has 0 aromatic heterocycles. The lowest BCUT2D eigenvalue weighted by atomic mass is 9.88. The zero-order chi connectivity index (χ0) is 18.0. The highest BCUT2D eigenvalue weighted by molar-refractivity contribution is 6.31. The van der Waals surface area contributed by atoms with Crippen molar-refractivity contribution in [1.29, 1.82) is 0 Å². The van der Waals surface area contributed by atoms with E-state index in [1.54, 1.807) is 29.2 Å². The van der Waals surface area contributed by atoms with Gasteiger partial charge in [-0.25, -0.2) is 0 Å². The molecule has 1 fully saturated rings. The van der Waals surface area contributed by atoms with Crippen LogP contribution in [0.2, 0.25) is 10.0 Å². The fraction of sp³-hybridized carbons (Fsp3) is 0.263. The van der Waals surface area contributed by atoms with Crippen LogP contribution in [0.25, 0.3) is 0 Å². The number of amides is 1. The van der Waals surface area contributed by atoms with Gasteiger partial charge in [-0.3, -0.25) is 9.59 Å². The summed E-state index contributed by atoms with van der Waals surface area (Å²) in [6.07, 6.45) is 1.22. The predicted octanol–water partition coefficient (Wildman–Crippen LogP) is 4.43. The molecule has 1 amide bonds. The lowest BCUT2D eigenvalue weighted by Crippen LogP contribution is -2.40. The molecule has 1 saturated heterocycles. The molecule has 25 heavy (non-hydrogen) atoms. The summed E-state index contributed by atoms with van der Waals surface area (Å²) < 4.78 is 0. The molecule has 2 aromatic carbocycles. The van der Waals surface area contributed by atoms with E-state index in [0.717, 1.165) is 0 Å². The van der Waals surface area contributed by atoms with Crippen LogP contribution in [0.1, 0.15) is 33.6 Å². The molecule has 0 radical (unpaired) electrons. The van der Waals surface area contributed by atoms with E-state index < -0.39 is 0 Å². The Morgan fingerprint density at radius 2 is 1.56 bits per heavy atom. The van der Waals surface area contributed by atoms with Crippen molar-refractivity contribution in [2.24, 2.45) is 5.92 Å². The Hall–Kier alpha value is -2.04. The quantitative estimate of drug-likeness (QED) is 0.804. The average Bonchev–Trinajstić information content (AvgIpc) is 2.60. The van der Waals surface area contributed by atoms with Crippen molar-refractivity contribution in [3.8, 4) is 5.75 Å². The van der Waals surface area contributed by atoms with Gasteiger partial charge in [0.1, 0.15) is 5.75 Å². The standard InChI is InChI=1S/C19H17Cl2NO3/c20-15-3-1-12(2-4-15)18(24)13-5-7-22(8-6-13)19(25)14-9-16(21)11-17(23)10-14/h1-4,9-11,13,23H,5-8H2. The van der Waals surface area contributed by atoms with Crippen LogP contribution < -0.4 is 0 Å². The fourth-order valence-corrected chi connectivity index (χ4v) is 3.43. The maximum atomic E-state index is 12.5. The maximum Gasteiger partial charge on any atom is 0.254 e. The molecule has 6 heteroatoms. The SMILES string of the molecule is O=C(c1ccc(Cl)cc1)C1CCN(C(=O)c2cc(O)cc(Cl)c2)CC1. The molecule has 1 aliphatic rings. The molecular formula is C19H17Cl2NO3. The van der Waals surface area contributed by atoms with E-state index in [2.05, 4.69) is 0 Å². The Kier molecular flexibility index (Phi) is 5.30. The molecular weight excluding hydrogens is 361 g/mol. The predicted molar refractivity (Wildman–Crippen MR) is 97.5 cm³/mol. The molecule has 1 aliphatic heterocycles. The van der Waals surface area contributed by atoms with Crippen molar-refractivity contribution >= 4 is 34.9 Å². The third kappa shape index (κ3) is 4.14. The summed E-state index contributed by atoms with van der Waals surface area (Å²) in [5, 5.41) is 10.5. The summed E-state index contributed by atoms with van der Waals surface area (Å²) in [5.41, 5.74) is 1.00. The first-order chi connectivity index (χ1) is 11.9. The number of hydrogen-bond acceptors (Lipinski definition) is 3. The van der Waals surface area contributed by atoms with Gasteiger partial charge in [-0.1, -0.05) is 23.2 Å². The van der Waals surface area contributed by atoms with Gasteiger partial charge in [-0.2, -0.15) is 0 Å². The van der Waals surface area contributed by atoms with Crippen LogP contribution in [-0.2, 0) is 0 Å². The molecule has 130 valence electrons. The normalized spacial score (nSPS) is 15.2. The summed E-state index contributed by atoms with van der Waals surface area (Å²) in [5.74, 6) is -0.235. The van der Waals surface area contributed by atoms with Gasteiger partial charge < -0.3 is 10.0 Å². The number of carbonyl (C=O) groups excluding carboxylic acids is 2. The summed E-state index contributed by atoms with van der Waals surface area (Å²) in [6, 6.07) is 11.2. The van der Waals surface area contributed by atoms with Crippen LogP contribution in [0.4, 0.5) is 0 Å². The van der Waals surface area contributed by atoms with Crippen LogP contribution in [0.5, 0.6) is 5.75 Å². The number of aromatic hydroxyl groups is 1. The monoisotopic (exact) mass is 377 g/mol. The highest BCUT2D eigenvalue weighted by atomic mass is 35.5. The molecule has 2 aromatic rings. The number of ketones is 1. The molecule has 0 atom stereocenters. The Labute approximate surface area is 156 Å². The van der Waals surface area contributed by atoms with Crippen LogP contribution in [0.3, 0.4) is 0 Å². The van der Waals surface area contributed by atoms with E-state index >= 15 is 0 Å². The summed E-state index contributed by atoms with van der Waals surface area (Å²) in [7, 11) is 0. The second-order valence-corrected chi connectivity index (χ2v) is 7.01. The van der Waals surface area contributed by atoms with Crippen molar-refractivity contribution in [3.63, 3.8) is 0 Å². The third-order valence-corrected chi connectivity index (χ3v) is 4.88. The zero-order valence-electron chi connectivity index (χ0n) is 13.4. The first-order valence-electron chi connectivity index (χ1n) is 8.02. The van der Waals surface area contributed by atoms with Gasteiger partial charge in [0.2, 0.25) is 0 Å². The molecule has 0 spiro atoms. The first-order valence-corrected chi connectivity index (χ1v) is 8.78. The van der Waals surface area contributed by atoms with Crippen molar-refractivity contribution in [2.75, 3.05) is 13.1 Å². The number of Topliss-reactive ketones (excluding diaryl/α,β-unsaturated/α-hetero) is 1. The lowest BCUT2D eigenvalue weighted by Gasteiger charge is -2.31. The van der Waals surface area contributed by atoms with Gasteiger partial charge in [0.15, 0.2) is 5.78 Å². The third-order valence-electron chi connectivity index (χ3n) is 4.41. The summed E-state index contributed by atoms with van der Waals surface area (Å²) >= 11 is 11.7. The average molecular weight is 378 g/mol. The number of phenolic OH excluding ortho intramolecular Hbond substituents is 1. The largest absolute Gasteiger partial charge is 0.508 e. The van der Waals surface area contributed by atoms with Gasteiger partial charge in [0.25, 0.3) is 5.91 Å². The Balaban J connectivity index is 1.64. The van der Waals surface area contributed by atoms with Gasteiger partial charge in [-0.15, -0.1) is 0 Å². The maximum absolute atomic E-state index is 12.5. The van der Waals surface area contributed by atoms with E-state index in [1.807, 2.05) is 0 Å². The number of carbonyl (C=O) groups is 2. The number of rotatable bonds is 3. The van der Waals surface area contributed by atoms with Gasteiger partial charge in [-0.05, 0) is 55.3 Å². The smallest absolute Gasteiger partial charge is 0.254 e. The minimum Gasteiger partial charge on any atom is -0.508 e. The molecule has 1 N–H and O–H groups in total. The minimum atomic E-state index is -0.185. The molecule has 0 saturated carbocycles. The second kappa shape index (κ2) is 7.46. The van der Waals surface area contributed by atoms with Crippen molar-refractivity contribution in [1.82, 2.24) is 4.90 Å². The van der Waals surface area contributed by atoms with Crippen LogP contribution in [0.15, 0.2) is 42.5 Å². The van der Waals surface area contributed by atoms with Crippen molar-refractivity contribution < 1.29 is 14.7 Å².